The number of rotatable bonds is 7. The van der Waals surface area contributed by atoms with Crippen molar-refractivity contribution in [2.24, 2.45) is 16.8 Å². The number of aromatic nitrogens is 1. The van der Waals surface area contributed by atoms with Crippen molar-refractivity contribution in [3.05, 3.63) is 36.0 Å². The van der Waals surface area contributed by atoms with Gasteiger partial charge in [-0.2, -0.15) is 0 Å². The lowest BCUT2D eigenvalue weighted by Gasteiger charge is -2.16. The molecule has 2 rings (SSSR count). The van der Waals surface area contributed by atoms with Gasteiger partial charge in [0, 0.05) is 29.2 Å². The van der Waals surface area contributed by atoms with E-state index in [0.29, 0.717) is 5.92 Å². The molecule has 21 heavy (non-hydrogen) atoms. The SMILES string of the molecule is CCCCC(CC)Cn1ccc2c(/C(N)=N/O)cccc21. The van der Waals surface area contributed by atoms with Crippen LogP contribution in [0.4, 0.5) is 0 Å². The highest BCUT2D eigenvalue weighted by atomic mass is 16.4. The standard InChI is InChI=1S/C17H25N3O/c1-3-5-7-13(4-2)12-20-11-10-14-15(17(18)19-21)8-6-9-16(14)20/h6,8-11,13,21H,3-5,7,12H2,1-2H3,(H2,18,19). The highest BCUT2D eigenvalue weighted by Gasteiger charge is 2.12. The van der Waals surface area contributed by atoms with Crippen LogP contribution in [-0.2, 0) is 6.54 Å². The normalized spacial score (nSPS) is 13.7. The molecule has 0 saturated heterocycles. The third-order valence-corrected chi connectivity index (χ3v) is 4.20. The number of nitrogens with zero attached hydrogens (tertiary/aromatic N) is 2. The van der Waals surface area contributed by atoms with E-state index in [2.05, 4.69) is 41.9 Å². The Hall–Kier alpha value is -1.97. The van der Waals surface area contributed by atoms with Crippen molar-refractivity contribution in [1.82, 2.24) is 4.57 Å². The first-order valence-corrected chi connectivity index (χ1v) is 7.77. The van der Waals surface area contributed by atoms with Gasteiger partial charge in [-0.1, -0.05) is 50.4 Å². The first-order valence-electron chi connectivity index (χ1n) is 7.77. The number of unbranched alkanes of at least 4 members (excludes halogenated alkanes) is 1. The second-order valence-electron chi connectivity index (χ2n) is 5.61. The first-order chi connectivity index (χ1) is 10.2. The summed E-state index contributed by atoms with van der Waals surface area (Å²) in [7, 11) is 0. The molecule has 0 saturated carbocycles. The number of hydrogen-bond acceptors (Lipinski definition) is 2. The summed E-state index contributed by atoms with van der Waals surface area (Å²) in [6.45, 7) is 5.52. The summed E-state index contributed by atoms with van der Waals surface area (Å²) in [5.41, 5.74) is 7.69. The van der Waals surface area contributed by atoms with Crippen LogP contribution in [0.25, 0.3) is 10.9 Å². The molecule has 4 heteroatoms. The van der Waals surface area contributed by atoms with Gasteiger partial charge in [-0.15, -0.1) is 0 Å². The molecule has 0 aliphatic heterocycles. The molecular formula is C17H25N3O. The van der Waals surface area contributed by atoms with Crippen molar-refractivity contribution in [3.8, 4) is 0 Å². The van der Waals surface area contributed by atoms with E-state index in [1.54, 1.807) is 0 Å². The number of nitrogens with two attached hydrogens (primary N) is 1. The number of amidine groups is 1. The lowest BCUT2D eigenvalue weighted by molar-refractivity contribution is 0.318. The molecule has 2 aromatic rings. The fraction of sp³-hybridized carbons (Fsp3) is 0.471. The zero-order chi connectivity index (χ0) is 15.2. The molecule has 1 heterocycles. The van der Waals surface area contributed by atoms with E-state index in [9.17, 15) is 0 Å². The summed E-state index contributed by atoms with van der Waals surface area (Å²) in [6.07, 6.45) is 7.10. The highest BCUT2D eigenvalue weighted by Crippen LogP contribution is 2.23. The Labute approximate surface area is 126 Å². The van der Waals surface area contributed by atoms with Crippen molar-refractivity contribution in [2.45, 2.75) is 46.1 Å². The smallest absolute Gasteiger partial charge is 0.170 e. The van der Waals surface area contributed by atoms with Gasteiger partial charge >= 0.3 is 0 Å². The molecule has 1 aromatic carbocycles. The van der Waals surface area contributed by atoms with E-state index >= 15 is 0 Å². The molecule has 1 unspecified atom stereocenters. The quantitative estimate of drug-likeness (QED) is 0.350. The van der Waals surface area contributed by atoms with Crippen molar-refractivity contribution in [2.75, 3.05) is 0 Å². The van der Waals surface area contributed by atoms with Gasteiger partial charge < -0.3 is 15.5 Å². The summed E-state index contributed by atoms with van der Waals surface area (Å²) >= 11 is 0. The van der Waals surface area contributed by atoms with E-state index in [1.165, 1.54) is 25.7 Å². The zero-order valence-corrected chi connectivity index (χ0v) is 12.9. The van der Waals surface area contributed by atoms with Crippen LogP contribution >= 0.6 is 0 Å². The second-order valence-corrected chi connectivity index (χ2v) is 5.61. The molecule has 0 spiro atoms. The summed E-state index contributed by atoms with van der Waals surface area (Å²) in [5, 5.41) is 13.1. The first kappa shape index (κ1) is 15.4. The molecule has 0 bridgehead atoms. The van der Waals surface area contributed by atoms with Crippen LogP contribution in [0, 0.1) is 5.92 Å². The Balaban J connectivity index is 2.30. The molecule has 1 aromatic heterocycles. The van der Waals surface area contributed by atoms with Crippen LogP contribution in [-0.4, -0.2) is 15.6 Å². The fourth-order valence-corrected chi connectivity index (χ4v) is 2.86. The fourth-order valence-electron chi connectivity index (χ4n) is 2.86. The minimum absolute atomic E-state index is 0.163. The number of fused-ring (bicyclic) bond motifs is 1. The minimum Gasteiger partial charge on any atom is -0.409 e. The van der Waals surface area contributed by atoms with Crippen molar-refractivity contribution in [1.29, 1.82) is 0 Å². The lowest BCUT2D eigenvalue weighted by Crippen LogP contribution is -2.13. The van der Waals surface area contributed by atoms with Crippen LogP contribution in [0.15, 0.2) is 35.6 Å². The molecular weight excluding hydrogens is 262 g/mol. The van der Waals surface area contributed by atoms with Gasteiger partial charge in [0.05, 0.1) is 0 Å². The Morgan fingerprint density at radius 3 is 2.81 bits per heavy atom. The topological polar surface area (TPSA) is 63.5 Å². The number of oxime groups is 1. The highest BCUT2D eigenvalue weighted by molar-refractivity contribution is 6.08. The van der Waals surface area contributed by atoms with Crippen LogP contribution in [0.3, 0.4) is 0 Å². The third-order valence-electron chi connectivity index (χ3n) is 4.20. The van der Waals surface area contributed by atoms with Crippen LogP contribution in [0.1, 0.15) is 45.1 Å². The maximum atomic E-state index is 8.89. The van der Waals surface area contributed by atoms with Gasteiger partial charge in [-0.25, -0.2) is 0 Å². The molecule has 1 atom stereocenters. The average Bonchev–Trinajstić information content (AvgIpc) is 2.93. The molecule has 0 aliphatic rings. The summed E-state index contributed by atoms with van der Waals surface area (Å²) in [5.74, 6) is 0.865. The van der Waals surface area contributed by atoms with Crippen molar-refractivity contribution >= 4 is 16.7 Å². The Morgan fingerprint density at radius 1 is 1.33 bits per heavy atom. The van der Waals surface area contributed by atoms with E-state index in [1.807, 2.05) is 12.1 Å². The third kappa shape index (κ3) is 3.38. The predicted octanol–water partition coefficient (Wildman–Crippen LogP) is 3.95. The Morgan fingerprint density at radius 2 is 2.14 bits per heavy atom. The van der Waals surface area contributed by atoms with Gasteiger partial charge in [-0.3, -0.25) is 0 Å². The van der Waals surface area contributed by atoms with Crippen LogP contribution in [0.5, 0.6) is 0 Å². The van der Waals surface area contributed by atoms with E-state index in [4.69, 9.17) is 10.9 Å². The van der Waals surface area contributed by atoms with E-state index < -0.39 is 0 Å². The maximum Gasteiger partial charge on any atom is 0.170 e. The zero-order valence-electron chi connectivity index (χ0n) is 12.9. The average molecular weight is 287 g/mol. The maximum absolute atomic E-state index is 8.89. The van der Waals surface area contributed by atoms with Crippen molar-refractivity contribution < 1.29 is 5.21 Å². The molecule has 3 N–H and O–H groups in total. The molecule has 0 aliphatic carbocycles. The van der Waals surface area contributed by atoms with E-state index in [0.717, 1.165) is 23.0 Å². The molecule has 114 valence electrons. The summed E-state index contributed by atoms with van der Waals surface area (Å²) < 4.78 is 2.29. The Kier molecular flexibility index (Phi) is 5.26. The van der Waals surface area contributed by atoms with Crippen LogP contribution in [0.2, 0.25) is 0 Å². The van der Waals surface area contributed by atoms with Gasteiger partial charge in [0.1, 0.15) is 0 Å². The van der Waals surface area contributed by atoms with Gasteiger partial charge in [0.15, 0.2) is 5.84 Å². The second kappa shape index (κ2) is 7.16. The van der Waals surface area contributed by atoms with E-state index in [-0.39, 0.29) is 5.84 Å². The van der Waals surface area contributed by atoms with Gasteiger partial charge in [0.25, 0.3) is 0 Å². The summed E-state index contributed by atoms with van der Waals surface area (Å²) in [6, 6.07) is 7.99. The lowest BCUT2D eigenvalue weighted by atomic mass is 9.99. The largest absolute Gasteiger partial charge is 0.409 e. The molecule has 0 radical (unpaired) electrons. The number of benzene rings is 1. The van der Waals surface area contributed by atoms with Gasteiger partial charge in [0.2, 0.25) is 0 Å². The predicted molar refractivity (Wildman–Crippen MR) is 87.8 cm³/mol. The monoisotopic (exact) mass is 287 g/mol. The molecule has 0 amide bonds. The molecule has 0 fully saturated rings. The van der Waals surface area contributed by atoms with Crippen LogP contribution < -0.4 is 5.73 Å². The van der Waals surface area contributed by atoms with Gasteiger partial charge in [-0.05, 0) is 24.5 Å². The molecule has 4 nitrogen and oxygen atoms in total. The number of hydrogen-bond donors (Lipinski definition) is 2. The summed E-state index contributed by atoms with van der Waals surface area (Å²) in [4.78, 5) is 0. The minimum atomic E-state index is 0.163. The Bertz CT molecular complexity index is 616. The van der Waals surface area contributed by atoms with Crippen molar-refractivity contribution in [3.63, 3.8) is 0 Å².